The van der Waals surface area contributed by atoms with E-state index in [2.05, 4.69) is 15.3 Å². The summed E-state index contributed by atoms with van der Waals surface area (Å²) in [6, 6.07) is 10.2. The second-order valence-corrected chi connectivity index (χ2v) is 7.25. The number of ether oxygens (including phenoxy) is 2. The average Bonchev–Trinajstić information content (AvgIpc) is 3.51. The summed E-state index contributed by atoms with van der Waals surface area (Å²) < 4.78 is 10.5. The first-order valence-corrected chi connectivity index (χ1v) is 9.66. The average molecular weight is 393 g/mol. The Morgan fingerprint density at radius 2 is 2.10 bits per heavy atom. The fourth-order valence-corrected chi connectivity index (χ4v) is 3.21. The summed E-state index contributed by atoms with van der Waals surface area (Å²) in [5.41, 5.74) is 2.29. The number of H-pyrrole nitrogens is 1. The van der Waals surface area contributed by atoms with Gasteiger partial charge in [-0.25, -0.2) is 9.78 Å². The lowest BCUT2D eigenvalue weighted by Crippen LogP contribution is -2.43. The third-order valence-corrected chi connectivity index (χ3v) is 5.05. The van der Waals surface area contributed by atoms with E-state index in [9.17, 15) is 9.59 Å². The van der Waals surface area contributed by atoms with Crippen LogP contribution in [-0.4, -0.2) is 41.6 Å². The molecule has 0 unspecified atom stereocenters. The van der Waals surface area contributed by atoms with Crippen molar-refractivity contribution < 1.29 is 19.1 Å². The number of carbonyl (C=O) groups excluding carboxylic acids is 2. The minimum atomic E-state index is -0.810. The van der Waals surface area contributed by atoms with Crippen LogP contribution < -0.4 is 10.1 Å². The summed E-state index contributed by atoms with van der Waals surface area (Å²) in [7, 11) is 1.31. The van der Waals surface area contributed by atoms with E-state index in [1.807, 2.05) is 30.5 Å². The Labute approximate surface area is 168 Å². The molecular weight excluding hydrogens is 370 g/mol. The lowest BCUT2D eigenvalue weighted by atomic mass is 10.0. The monoisotopic (exact) mass is 393 g/mol. The molecule has 4 rings (SSSR count). The van der Waals surface area contributed by atoms with Crippen molar-refractivity contribution in [1.29, 1.82) is 0 Å². The first kappa shape index (κ1) is 19.0. The zero-order chi connectivity index (χ0) is 20.2. The summed E-state index contributed by atoms with van der Waals surface area (Å²) in [5.74, 6) is 0.131. The number of rotatable bonds is 8. The summed E-state index contributed by atoms with van der Waals surface area (Å²) in [6.07, 6.45) is 6.05. The predicted octanol–water partition coefficient (Wildman–Crippen LogP) is 2.87. The third-order valence-electron chi connectivity index (χ3n) is 5.05. The van der Waals surface area contributed by atoms with E-state index in [-0.39, 0.29) is 5.91 Å². The van der Waals surface area contributed by atoms with Crippen LogP contribution in [0.1, 0.15) is 28.8 Å². The highest BCUT2D eigenvalue weighted by molar-refractivity contribution is 5.97. The van der Waals surface area contributed by atoms with Crippen molar-refractivity contribution in [2.75, 3.05) is 13.7 Å². The number of aromatic amines is 1. The highest BCUT2D eigenvalue weighted by Crippen LogP contribution is 2.29. The molecule has 29 heavy (non-hydrogen) atoms. The Morgan fingerprint density at radius 1 is 1.28 bits per heavy atom. The van der Waals surface area contributed by atoms with Gasteiger partial charge in [-0.15, -0.1) is 0 Å². The molecule has 0 bridgehead atoms. The number of nitrogens with one attached hydrogen (secondary N) is 2. The smallest absolute Gasteiger partial charge is 0.328 e. The molecule has 1 amide bonds. The van der Waals surface area contributed by atoms with Crippen LogP contribution in [0, 0.1) is 5.92 Å². The van der Waals surface area contributed by atoms with Gasteiger partial charge in [0.05, 0.1) is 13.7 Å². The standard InChI is InChI=1S/C22H23N3O4/c1-28-22(27)19(10-16-12-24-18-5-3-2-4-17(16)18)25-21(26)15-8-9-23-20(11-15)29-13-14-6-7-14/h2-5,8-9,11-12,14,19,24H,6-7,10,13H2,1H3,(H,25,26)/t19-/m1/s1. The maximum atomic E-state index is 12.8. The van der Waals surface area contributed by atoms with E-state index in [4.69, 9.17) is 9.47 Å². The predicted molar refractivity (Wildman–Crippen MR) is 108 cm³/mol. The normalized spacial score (nSPS) is 14.4. The van der Waals surface area contributed by atoms with Gasteiger partial charge in [0.15, 0.2) is 0 Å². The van der Waals surface area contributed by atoms with Gasteiger partial charge in [0, 0.05) is 41.3 Å². The first-order chi connectivity index (χ1) is 14.1. The maximum Gasteiger partial charge on any atom is 0.328 e. The third kappa shape index (κ3) is 4.56. The van der Waals surface area contributed by atoms with E-state index in [1.165, 1.54) is 26.1 Å². The largest absolute Gasteiger partial charge is 0.477 e. The minimum Gasteiger partial charge on any atom is -0.477 e. The fraction of sp³-hybridized carbons (Fsp3) is 0.318. The second-order valence-electron chi connectivity index (χ2n) is 7.25. The quantitative estimate of drug-likeness (QED) is 0.574. The van der Waals surface area contributed by atoms with Crippen LogP contribution in [0.25, 0.3) is 10.9 Å². The van der Waals surface area contributed by atoms with Crippen molar-refractivity contribution in [2.24, 2.45) is 5.92 Å². The molecule has 0 saturated heterocycles. The van der Waals surface area contributed by atoms with E-state index in [0.29, 0.717) is 30.4 Å². The zero-order valence-electron chi connectivity index (χ0n) is 16.2. The molecule has 2 heterocycles. The van der Waals surface area contributed by atoms with E-state index >= 15 is 0 Å². The molecule has 1 aliphatic rings. The molecule has 0 radical (unpaired) electrons. The minimum absolute atomic E-state index is 0.318. The van der Waals surface area contributed by atoms with Crippen LogP contribution in [0.2, 0.25) is 0 Å². The molecule has 1 atom stereocenters. The molecule has 7 nitrogen and oxygen atoms in total. The van der Waals surface area contributed by atoms with E-state index < -0.39 is 12.0 Å². The van der Waals surface area contributed by atoms with Crippen molar-refractivity contribution in [1.82, 2.24) is 15.3 Å². The number of carbonyl (C=O) groups is 2. The van der Waals surface area contributed by atoms with Gasteiger partial charge in [0.1, 0.15) is 6.04 Å². The number of hydrogen-bond acceptors (Lipinski definition) is 5. The molecule has 150 valence electrons. The zero-order valence-corrected chi connectivity index (χ0v) is 16.2. The first-order valence-electron chi connectivity index (χ1n) is 9.66. The van der Waals surface area contributed by atoms with Crippen LogP contribution in [0.3, 0.4) is 0 Å². The highest BCUT2D eigenvalue weighted by Gasteiger charge is 2.25. The molecule has 1 fully saturated rings. The Hall–Kier alpha value is -3.35. The molecule has 3 aromatic rings. The van der Waals surface area contributed by atoms with Gasteiger partial charge >= 0.3 is 5.97 Å². The topological polar surface area (TPSA) is 93.3 Å². The van der Waals surface area contributed by atoms with Crippen LogP contribution in [0.5, 0.6) is 5.88 Å². The van der Waals surface area contributed by atoms with Crippen molar-refractivity contribution in [3.05, 3.63) is 59.9 Å². The molecule has 1 aliphatic carbocycles. The van der Waals surface area contributed by atoms with E-state index in [1.54, 1.807) is 12.1 Å². The van der Waals surface area contributed by atoms with Gasteiger partial charge < -0.3 is 19.8 Å². The molecule has 7 heteroatoms. The van der Waals surface area contributed by atoms with E-state index in [0.717, 1.165) is 16.5 Å². The number of hydrogen-bond donors (Lipinski definition) is 2. The van der Waals surface area contributed by atoms with Gasteiger partial charge in [-0.1, -0.05) is 18.2 Å². The molecule has 2 aromatic heterocycles. The number of aromatic nitrogens is 2. The highest BCUT2D eigenvalue weighted by atomic mass is 16.5. The molecule has 2 N–H and O–H groups in total. The summed E-state index contributed by atoms with van der Waals surface area (Å²) in [5, 5.41) is 3.79. The van der Waals surface area contributed by atoms with Gasteiger partial charge in [-0.3, -0.25) is 4.79 Å². The molecule has 1 aromatic carbocycles. The van der Waals surface area contributed by atoms with Gasteiger partial charge in [0.2, 0.25) is 5.88 Å². The van der Waals surface area contributed by atoms with Gasteiger partial charge in [0.25, 0.3) is 5.91 Å². The summed E-state index contributed by atoms with van der Waals surface area (Å²) in [4.78, 5) is 32.4. The summed E-state index contributed by atoms with van der Waals surface area (Å²) >= 11 is 0. The second kappa shape index (κ2) is 8.34. The van der Waals surface area contributed by atoms with Crippen LogP contribution in [0.15, 0.2) is 48.8 Å². The Morgan fingerprint density at radius 3 is 2.90 bits per heavy atom. The SMILES string of the molecule is COC(=O)[C@@H](Cc1c[nH]c2ccccc12)NC(=O)c1ccnc(OCC2CC2)c1. The van der Waals surface area contributed by atoms with Crippen molar-refractivity contribution in [2.45, 2.75) is 25.3 Å². The number of esters is 1. The Balaban J connectivity index is 1.48. The Kier molecular flexibility index (Phi) is 5.46. The molecule has 0 aliphatic heterocycles. The fourth-order valence-electron chi connectivity index (χ4n) is 3.21. The van der Waals surface area contributed by atoms with Crippen molar-refractivity contribution >= 4 is 22.8 Å². The van der Waals surface area contributed by atoms with Crippen molar-refractivity contribution in [3.63, 3.8) is 0 Å². The number of para-hydroxylation sites is 1. The van der Waals surface area contributed by atoms with Crippen LogP contribution in [-0.2, 0) is 16.0 Å². The lowest BCUT2D eigenvalue weighted by Gasteiger charge is -2.16. The Bertz CT molecular complexity index is 1030. The number of pyridine rings is 1. The number of fused-ring (bicyclic) bond motifs is 1. The van der Waals surface area contributed by atoms with Crippen LogP contribution in [0.4, 0.5) is 0 Å². The van der Waals surface area contributed by atoms with Crippen LogP contribution >= 0.6 is 0 Å². The molecular formula is C22H23N3O4. The number of amides is 1. The maximum absolute atomic E-state index is 12.8. The van der Waals surface area contributed by atoms with Gasteiger partial charge in [-0.05, 0) is 36.5 Å². The molecule has 0 spiro atoms. The number of benzene rings is 1. The number of methoxy groups -OCH3 is 1. The van der Waals surface area contributed by atoms with Gasteiger partial charge in [-0.2, -0.15) is 0 Å². The van der Waals surface area contributed by atoms with Crippen molar-refractivity contribution in [3.8, 4) is 5.88 Å². The molecule has 1 saturated carbocycles. The number of nitrogens with zero attached hydrogens (tertiary/aromatic N) is 1. The lowest BCUT2D eigenvalue weighted by molar-refractivity contribution is -0.142. The summed E-state index contributed by atoms with van der Waals surface area (Å²) in [6.45, 7) is 0.615.